The fourth-order valence-corrected chi connectivity index (χ4v) is 4.29. The number of carbonyl (C=O) groups is 1. The molecule has 7 heteroatoms. The second-order valence-electron chi connectivity index (χ2n) is 9.74. The first-order valence-electron chi connectivity index (χ1n) is 11.1. The monoisotopic (exact) mass is 432 g/mol. The van der Waals surface area contributed by atoms with E-state index in [0.29, 0.717) is 17.5 Å². The number of carbonyl (C=O) groups excluding carboxylic acids is 1. The molecule has 0 bridgehead atoms. The molecule has 7 nitrogen and oxygen atoms in total. The molecule has 1 atom stereocenters. The van der Waals surface area contributed by atoms with Crippen LogP contribution in [0.3, 0.4) is 0 Å². The number of aryl methyl sites for hydroxylation is 2. The van der Waals surface area contributed by atoms with Gasteiger partial charge in [0.15, 0.2) is 5.65 Å². The van der Waals surface area contributed by atoms with Crippen LogP contribution in [-0.4, -0.2) is 46.0 Å². The summed E-state index contributed by atoms with van der Waals surface area (Å²) in [6.07, 6.45) is 2.83. The highest BCUT2D eigenvalue weighted by Gasteiger charge is 2.33. The van der Waals surface area contributed by atoms with Crippen molar-refractivity contribution in [3.63, 3.8) is 0 Å². The van der Waals surface area contributed by atoms with Gasteiger partial charge in [0, 0.05) is 48.7 Å². The van der Waals surface area contributed by atoms with Gasteiger partial charge in [-0.1, -0.05) is 26.8 Å². The van der Waals surface area contributed by atoms with Crippen molar-refractivity contribution in [2.45, 2.75) is 41.0 Å². The normalized spacial score (nSPS) is 16.4. The molecule has 0 aliphatic carbocycles. The van der Waals surface area contributed by atoms with Gasteiger partial charge in [0.1, 0.15) is 0 Å². The van der Waals surface area contributed by atoms with Gasteiger partial charge in [-0.3, -0.25) is 0 Å². The lowest BCUT2D eigenvalue weighted by Gasteiger charge is -2.27. The maximum Gasteiger partial charge on any atom is 0.321 e. The van der Waals surface area contributed by atoms with Crippen LogP contribution in [0, 0.1) is 25.2 Å². The molecule has 1 aliphatic heterocycles. The van der Waals surface area contributed by atoms with Crippen molar-refractivity contribution in [3.05, 3.63) is 41.7 Å². The standard InChI is InChI=1S/C25H32N6O/c1-15-7-8-19(29-24(32)31-10-9-18(14-31)25(3,4)5)12-20(15)21-11-17-13-27-23(26-6)30-22(17)28-16(21)2/h7-8,11-13,18H,9-10,14H2,1-6H3,(H,29,32)(H,26,27,28,30). The number of hydrogen-bond donors (Lipinski definition) is 2. The summed E-state index contributed by atoms with van der Waals surface area (Å²) in [4.78, 5) is 28.3. The highest BCUT2D eigenvalue weighted by Crippen LogP contribution is 2.34. The highest BCUT2D eigenvalue weighted by molar-refractivity contribution is 5.91. The third-order valence-electron chi connectivity index (χ3n) is 6.46. The van der Waals surface area contributed by atoms with Crippen molar-refractivity contribution in [2.24, 2.45) is 11.3 Å². The van der Waals surface area contributed by atoms with E-state index in [-0.39, 0.29) is 11.4 Å². The van der Waals surface area contributed by atoms with E-state index in [1.165, 1.54) is 0 Å². The summed E-state index contributed by atoms with van der Waals surface area (Å²) in [5.74, 6) is 1.08. The Bertz CT molecular complexity index is 1170. The van der Waals surface area contributed by atoms with E-state index in [2.05, 4.69) is 54.4 Å². The van der Waals surface area contributed by atoms with Gasteiger partial charge in [0.05, 0.1) is 0 Å². The number of amides is 2. The topological polar surface area (TPSA) is 83.0 Å². The molecular formula is C25H32N6O. The molecule has 2 amide bonds. The Labute approximate surface area is 189 Å². The van der Waals surface area contributed by atoms with Gasteiger partial charge in [0.25, 0.3) is 0 Å². The second-order valence-corrected chi connectivity index (χ2v) is 9.74. The molecule has 2 N–H and O–H groups in total. The summed E-state index contributed by atoms with van der Waals surface area (Å²) in [6.45, 7) is 12.4. The van der Waals surface area contributed by atoms with Crippen LogP contribution < -0.4 is 10.6 Å². The van der Waals surface area contributed by atoms with E-state index in [0.717, 1.165) is 53.0 Å². The zero-order valence-electron chi connectivity index (χ0n) is 19.8. The van der Waals surface area contributed by atoms with E-state index >= 15 is 0 Å². The van der Waals surface area contributed by atoms with Gasteiger partial charge in [-0.2, -0.15) is 4.98 Å². The number of rotatable bonds is 3. The molecule has 168 valence electrons. The zero-order valence-corrected chi connectivity index (χ0v) is 19.8. The van der Waals surface area contributed by atoms with Crippen LogP contribution in [0.2, 0.25) is 0 Å². The van der Waals surface area contributed by atoms with E-state index in [4.69, 9.17) is 4.98 Å². The van der Waals surface area contributed by atoms with Gasteiger partial charge >= 0.3 is 6.03 Å². The zero-order chi connectivity index (χ0) is 23.0. The Kier molecular flexibility index (Phi) is 5.75. The number of hydrogen-bond acceptors (Lipinski definition) is 5. The number of urea groups is 1. The molecule has 3 heterocycles. The SMILES string of the molecule is CNc1ncc2cc(-c3cc(NC(=O)N4CCC(C(C)(C)C)C4)ccc3C)c(C)nc2n1. The molecule has 0 spiro atoms. The predicted octanol–water partition coefficient (Wildman–Crippen LogP) is 5.25. The summed E-state index contributed by atoms with van der Waals surface area (Å²) in [5, 5.41) is 6.92. The molecule has 1 unspecified atom stereocenters. The molecule has 1 saturated heterocycles. The molecule has 0 saturated carbocycles. The summed E-state index contributed by atoms with van der Waals surface area (Å²) < 4.78 is 0. The first kappa shape index (κ1) is 22.0. The third kappa shape index (κ3) is 4.38. The fourth-order valence-electron chi connectivity index (χ4n) is 4.29. The summed E-state index contributed by atoms with van der Waals surface area (Å²) in [7, 11) is 1.79. The molecule has 4 rings (SSSR count). The van der Waals surface area contributed by atoms with E-state index in [1.807, 2.05) is 30.0 Å². The van der Waals surface area contributed by atoms with Crippen molar-refractivity contribution in [1.82, 2.24) is 19.9 Å². The van der Waals surface area contributed by atoms with Crippen LogP contribution in [0.5, 0.6) is 0 Å². The average molecular weight is 433 g/mol. The fraction of sp³-hybridized carbons (Fsp3) is 0.440. The van der Waals surface area contributed by atoms with Gasteiger partial charge in [0.2, 0.25) is 5.95 Å². The third-order valence-corrected chi connectivity index (χ3v) is 6.46. The lowest BCUT2D eigenvalue weighted by Crippen LogP contribution is -2.34. The Morgan fingerprint density at radius 2 is 1.91 bits per heavy atom. The van der Waals surface area contributed by atoms with Gasteiger partial charge in [-0.05, 0) is 60.9 Å². The Morgan fingerprint density at radius 3 is 2.59 bits per heavy atom. The van der Waals surface area contributed by atoms with Crippen molar-refractivity contribution < 1.29 is 4.79 Å². The number of benzene rings is 1. The molecule has 32 heavy (non-hydrogen) atoms. The minimum absolute atomic E-state index is 0.0343. The minimum Gasteiger partial charge on any atom is -0.357 e. The highest BCUT2D eigenvalue weighted by atomic mass is 16.2. The van der Waals surface area contributed by atoms with Crippen LogP contribution in [0.1, 0.15) is 38.4 Å². The van der Waals surface area contributed by atoms with Crippen molar-refractivity contribution in [2.75, 3.05) is 30.8 Å². The molecule has 0 radical (unpaired) electrons. The van der Waals surface area contributed by atoms with Crippen molar-refractivity contribution >= 4 is 28.7 Å². The molecule has 2 aromatic heterocycles. The molecule has 1 fully saturated rings. The van der Waals surface area contributed by atoms with Crippen molar-refractivity contribution in [1.29, 1.82) is 0 Å². The lowest BCUT2D eigenvalue weighted by atomic mass is 9.80. The molecular weight excluding hydrogens is 400 g/mol. The van der Waals surface area contributed by atoms with Crippen LogP contribution in [0.15, 0.2) is 30.5 Å². The minimum atomic E-state index is -0.0343. The van der Waals surface area contributed by atoms with Crippen LogP contribution >= 0.6 is 0 Å². The number of nitrogens with zero attached hydrogens (tertiary/aromatic N) is 4. The van der Waals surface area contributed by atoms with Crippen molar-refractivity contribution in [3.8, 4) is 11.1 Å². The maximum absolute atomic E-state index is 12.9. The number of aromatic nitrogens is 3. The average Bonchev–Trinajstić information content (AvgIpc) is 3.25. The van der Waals surface area contributed by atoms with E-state index in [1.54, 1.807) is 13.2 Å². The predicted molar refractivity (Wildman–Crippen MR) is 130 cm³/mol. The Balaban J connectivity index is 1.59. The quantitative estimate of drug-likeness (QED) is 0.591. The smallest absolute Gasteiger partial charge is 0.321 e. The van der Waals surface area contributed by atoms with E-state index in [9.17, 15) is 4.79 Å². The van der Waals surface area contributed by atoms with Gasteiger partial charge in [-0.25, -0.2) is 14.8 Å². The summed E-state index contributed by atoms with van der Waals surface area (Å²) >= 11 is 0. The number of likely N-dealkylation sites (tertiary alicyclic amines) is 1. The first-order valence-corrected chi connectivity index (χ1v) is 11.1. The number of pyridine rings is 1. The first-order chi connectivity index (χ1) is 15.2. The number of fused-ring (bicyclic) bond motifs is 1. The van der Waals surface area contributed by atoms with Gasteiger partial charge in [-0.15, -0.1) is 0 Å². The number of nitrogens with one attached hydrogen (secondary N) is 2. The maximum atomic E-state index is 12.9. The summed E-state index contributed by atoms with van der Waals surface area (Å²) in [6, 6.07) is 8.06. The number of anilines is 2. The van der Waals surface area contributed by atoms with Crippen LogP contribution in [-0.2, 0) is 0 Å². The lowest BCUT2D eigenvalue weighted by molar-refractivity contribution is 0.208. The second kappa shape index (κ2) is 8.37. The molecule has 3 aromatic rings. The van der Waals surface area contributed by atoms with Crippen LogP contribution in [0.4, 0.5) is 16.4 Å². The van der Waals surface area contributed by atoms with Gasteiger partial charge < -0.3 is 15.5 Å². The molecule has 1 aromatic carbocycles. The van der Waals surface area contributed by atoms with Crippen LogP contribution in [0.25, 0.3) is 22.2 Å². The van der Waals surface area contributed by atoms with E-state index < -0.39 is 0 Å². The Hall–Kier alpha value is -3.22. The summed E-state index contributed by atoms with van der Waals surface area (Å²) in [5.41, 5.74) is 5.73. The largest absolute Gasteiger partial charge is 0.357 e. The molecule has 1 aliphatic rings. The Morgan fingerprint density at radius 1 is 1.12 bits per heavy atom.